The van der Waals surface area contributed by atoms with E-state index < -0.39 is 10.0 Å². The molecule has 4 nitrogen and oxygen atoms in total. The molecule has 0 saturated heterocycles. The number of sulfonamides is 1. The predicted molar refractivity (Wildman–Crippen MR) is 72.6 cm³/mol. The van der Waals surface area contributed by atoms with Gasteiger partial charge in [0.1, 0.15) is 5.15 Å². The third kappa shape index (κ3) is 2.19. The molecule has 0 saturated carbocycles. The van der Waals surface area contributed by atoms with Crippen LogP contribution in [0.3, 0.4) is 0 Å². The van der Waals surface area contributed by atoms with Crippen molar-refractivity contribution in [2.75, 3.05) is 14.1 Å². The SMILES string of the molecule is CN(C)S(=O)(=O)c1ccc2c(Cl)cnc(Cl)c2c1. The van der Waals surface area contributed by atoms with Crippen LogP contribution in [-0.2, 0) is 10.0 Å². The topological polar surface area (TPSA) is 50.3 Å². The number of nitrogens with zero attached hydrogens (tertiary/aromatic N) is 2. The molecular formula is C11H10Cl2N2O2S. The highest BCUT2D eigenvalue weighted by Crippen LogP contribution is 2.30. The molecule has 1 aromatic heterocycles. The van der Waals surface area contributed by atoms with Gasteiger partial charge in [-0.2, -0.15) is 0 Å². The fourth-order valence-corrected chi connectivity index (χ4v) is 2.87. The lowest BCUT2D eigenvalue weighted by Gasteiger charge is -2.12. The van der Waals surface area contributed by atoms with Crippen molar-refractivity contribution < 1.29 is 8.42 Å². The van der Waals surface area contributed by atoms with Crippen molar-refractivity contribution in [1.29, 1.82) is 0 Å². The van der Waals surface area contributed by atoms with Gasteiger partial charge in [0.2, 0.25) is 10.0 Å². The second-order valence-corrected chi connectivity index (χ2v) is 6.81. The normalized spacial score (nSPS) is 12.3. The van der Waals surface area contributed by atoms with E-state index in [0.717, 1.165) is 4.31 Å². The van der Waals surface area contributed by atoms with Gasteiger partial charge in [-0.1, -0.05) is 29.3 Å². The summed E-state index contributed by atoms with van der Waals surface area (Å²) < 4.78 is 25.1. The van der Waals surface area contributed by atoms with Crippen LogP contribution in [-0.4, -0.2) is 31.8 Å². The molecule has 96 valence electrons. The molecule has 0 amide bonds. The van der Waals surface area contributed by atoms with Crippen molar-refractivity contribution in [1.82, 2.24) is 9.29 Å². The zero-order valence-corrected chi connectivity index (χ0v) is 12.0. The number of hydrogen-bond acceptors (Lipinski definition) is 3. The average Bonchev–Trinajstić information content (AvgIpc) is 2.33. The minimum atomic E-state index is -3.49. The van der Waals surface area contributed by atoms with Gasteiger partial charge in [-0.15, -0.1) is 0 Å². The van der Waals surface area contributed by atoms with Gasteiger partial charge >= 0.3 is 0 Å². The van der Waals surface area contributed by atoms with E-state index in [0.29, 0.717) is 15.8 Å². The third-order valence-corrected chi connectivity index (χ3v) is 4.95. The lowest BCUT2D eigenvalue weighted by molar-refractivity contribution is 0.521. The van der Waals surface area contributed by atoms with Crippen molar-refractivity contribution in [3.05, 3.63) is 34.6 Å². The molecular weight excluding hydrogens is 295 g/mol. The van der Waals surface area contributed by atoms with E-state index >= 15 is 0 Å². The number of hydrogen-bond donors (Lipinski definition) is 0. The van der Waals surface area contributed by atoms with E-state index in [1.165, 1.54) is 32.4 Å². The third-order valence-electron chi connectivity index (χ3n) is 2.54. The molecule has 0 aliphatic heterocycles. The predicted octanol–water partition coefficient (Wildman–Crippen LogP) is 2.79. The summed E-state index contributed by atoms with van der Waals surface area (Å²) in [5.41, 5.74) is 0. The summed E-state index contributed by atoms with van der Waals surface area (Å²) in [6.45, 7) is 0. The van der Waals surface area contributed by atoms with Crippen LogP contribution in [0.15, 0.2) is 29.3 Å². The van der Waals surface area contributed by atoms with E-state index in [9.17, 15) is 8.42 Å². The van der Waals surface area contributed by atoms with Gasteiger partial charge < -0.3 is 0 Å². The largest absolute Gasteiger partial charge is 0.242 e. The molecule has 18 heavy (non-hydrogen) atoms. The number of halogens is 2. The molecule has 2 aromatic rings. The van der Waals surface area contributed by atoms with Gasteiger partial charge in [0.25, 0.3) is 0 Å². The summed E-state index contributed by atoms with van der Waals surface area (Å²) >= 11 is 11.9. The molecule has 0 bridgehead atoms. The van der Waals surface area contributed by atoms with E-state index in [2.05, 4.69) is 4.98 Å². The van der Waals surface area contributed by atoms with E-state index in [1.807, 2.05) is 0 Å². The first-order valence-corrected chi connectivity index (χ1v) is 7.20. The zero-order chi connectivity index (χ0) is 13.5. The van der Waals surface area contributed by atoms with Crippen molar-refractivity contribution in [2.45, 2.75) is 4.90 Å². The van der Waals surface area contributed by atoms with Crippen molar-refractivity contribution >= 4 is 44.0 Å². The minimum absolute atomic E-state index is 0.158. The Kier molecular flexibility index (Phi) is 3.51. The Balaban J connectivity index is 2.76. The number of rotatable bonds is 2. The van der Waals surface area contributed by atoms with Crippen LogP contribution in [0, 0.1) is 0 Å². The second kappa shape index (κ2) is 4.66. The quantitative estimate of drug-likeness (QED) is 0.802. The van der Waals surface area contributed by atoms with Gasteiger partial charge in [0.05, 0.1) is 9.92 Å². The lowest BCUT2D eigenvalue weighted by Crippen LogP contribution is -2.22. The fourth-order valence-electron chi connectivity index (χ4n) is 1.53. The van der Waals surface area contributed by atoms with E-state index in [-0.39, 0.29) is 10.0 Å². The summed E-state index contributed by atoms with van der Waals surface area (Å²) in [5.74, 6) is 0. The molecule has 0 aliphatic rings. The molecule has 1 aromatic carbocycles. The first-order chi connectivity index (χ1) is 8.34. The van der Waals surface area contributed by atoms with Crippen LogP contribution < -0.4 is 0 Å². The molecule has 2 rings (SSSR count). The summed E-state index contributed by atoms with van der Waals surface area (Å²) in [6.07, 6.45) is 1.44. The van der Waals surface area contributed by atoms with Gasteiger partial charge in [0, 0.05) is 31.1 Å². The second-order valence-electron chi connectivity index (χ2n) is 3.89. The maximum Gasteiger partial charge on any atom is 0.242 e. The van der Waals surface area contributed by atoms with Crippen molar-refractivity contribution in [3.8, 4) is 0 Å². The summed E-state index contributed by atoms with van der Waals surface area (Å²) in [6, 6.07) is 4.60. The zero-order valence-electron chi connectivity index (χ0n) is 9.68. The molecule has 0 spiro atoms. The van der Waals surface area contributed by atoms with E-state index in [4.69, 9.17) is 23.2 Å². The first kappa shape index (κ1) is 13.5. The highest BCUT2D eigenvalue weighted by Gasteiger charge is 2.18. The van der Waals surface area contributed by atoms with Crippen LogP contribution in [0.2, 0.25) is 10.2 Å². The smallest absolute Gasteiger partial charge is 0.242 e. The monoisotopic (exact) mass is 304 g/mol. The molecule has 0 aliphatic carbocycles. The number of aromatic nitrogens is 1. The number of fused-ring (bicyclic) bond motifs is 1. The molecule has 0 fully saturated rings. The van der Waals surface area contributed by atoms with Gasteiger partial charge in [0.15, 0.2) is 0 Å². The van der Waals surface area contributed by atoms with Crippen molar-refractivity contribution in [3.63, 3.8) is 0 Å². The van der Waals surface area contributed by atoms with Crippen LogP contribution in [0.25, 0.3) is 10.8 Å². The van der Waals surface area contributed by atoms with Crippen LogP contribution in [0.1, 0.15) is 0 Å². The number of pyridine rings is 1. The summed E-state index contributed by atoms with van der Waals surface area (Å²) in [5, 5.41) is 1.86. The number of benzene rings is 1. The first-order valence-electron chi connectivity index (χ1n) is 5.00. The maximum absolute atomic E-state index is 12.0. The fraction of sp³-hybridized carbons (Fsp3) is 0.182. The Labute approximate surface area is 115 Å². The molecule has 0 unspecified atom stereocenters. The Morgan fingerprint density at radius 3 is 2.44 bits per heavy atom. The van der Waals surface area contributed by atoms with Crippen molar-refractivity contribution in [2.24, 2.45) is 0 Å². The highest BCUT2D eigenvalue weighted by molar-refractivity contribution is 7.89. The van der Waals surface area contributed by atoms with E-state index in [1.54, 1.807) is 6.07 Å². The Morgan fingerprint density at radius 2 is 1.83 bits per heavy atom. The van der Waals surface area contributed by atoms with Crippen LogP contribution >= 0.6 is 23.2 Å². The Hall–Kier alpha value is -0.880. The van der Waals surface area contributed by atoms with Gasteiger partial charge in [-0.3, -0.25) is 0 Å². The summed E-state index contributed by atoms with van der Waals surface area (Å²) in [4.78, 5) is 4.06. The molecule has 0 N–H and O–H groups in total. The van der Waals surface area contributed by atoms with Crippen LogP contribution in [0.5, 0.6) is 0 Å². The maximum atomic E-state index is 12.0. The molecule has 0 atom stereocenters. The molecule has 7 heteroatoms. The minimum Gasteiger partial charge on any atom is -0.242 e. The molecule has 1 heterocycles. The van der Waals surface area contributed by atoms with Gasteiger partial charge in [-0.25, -0.2) is 17.7 Å². The Bertz CT molecular complexity index is 714. The van der Waals surface area contributed by atoms with Crippen LogP contribution in [0.4, 0.5) is 0 Å². The lowest BCUT2D eigenvalue weighted by atomic mass is 10.2. The highest BCUT2D eigenvalue weighted by atomic mass is 35.5. The van der Waals surface area contributed by atoms with Gasteiger partial charge in [-0.05, 0) is 12.1 Å². The standard InChI is InChI=1S/C11H10Cl2N2O2S/c1-15(2)18(16,17)7-3-4-8-9(5-7)11(13)14-6-10(8)12/h3-6H,1-2H3. The molecule has 0 radical (unpaired) electrons. The summed E-state index contributed by atoms with van der Waals surface area (Å²) in [7, 11) is -0.555. The average molecular weight is 305 g/mol. The Morgan fingerprint density at radius 1 is 1.17 bits per heavy atom.